The molecule has 0 unspecified atom stereocenters. The Kier molecular flexibility index (Phi) is 4.74. The quantitative estimate of drug-likeness (QED) is 0.900. The number of hydrogen-bond acceptors (Lipinski definition) is 4. The number of carbonyl (C=O) groups excluding carboxylic acids is 2. The van der Waals surface area contributed by atoms with E-state index in [4.69, 9.17) is 9.15 Å². The summed E-state index contributed by atoms with van der Waals surface area (Å²) in [6.45, 7) is 5.27. The highest BCUT2D eigenvalue weighted by atomic mass is 16.5. The van der Waals surface area contributed by atoms with Crippen molar-refractivity contribution in [2.45, 2.75) is 39.0 Å². The lowest BCUT2D eigenvalue weighted by Gasteiger charge is -2.23. The Morgan fingerprint density at radius 1 is 1.22 bits per heavy atom. The van der Waals surface area contributed by atoms with E-state index >= 15 is 0 Å². The van der Waals surface area contributed by atoms with Crippen LogP contribution >= 0.6 is 0 Å². The SMILES string of the molecule is Cc1cc(C)cc(C(=O)N2C[C@H](C(=O)NCc3ccco3)[C@@H]3OCC[C@@H]32)c1. The van der Waals surface area contributed by atoms with Gasteiger partial charge in [0.25, 0.3) is 5.91 Å². The van der Waals surface area contributed by atoms with Crippen LogP contribution in [0.3, 0.4) is 0 Å². The lowest BCUT2D eigenvalue weighted by Crippen LogP contribution is -2.37. The molecule has 3 atom stereocenters. The van der Waals surface area contributed by atoms with Crippen LogP contribution in [-0.4, -0.2) is 42.0 Å². The van der Waals surface area contributed by atoms with Crippen LogP contribution < -0.4 is 5.32 Å². The number of rotatable bonds is 4. The summed E-state index contributed by atoms with van der Waals surface area (Å²) in [7, 11) is 0. The fourth-order valence-corrected chi connectivity index (χ4v) is 4.22. The van der Waals surface area contributed by atoms with Gasteiger partial charge in [0.15, 0.2) is 0 Å². The predicted molar refractivity (Wildman–Crippen MR) is 99.1 cm³/mol. The van der Waals surface area contributed by atoms with Gasteiger partial charge < -0.3 is 19.4 Å². The summed E-state index contributed by atoms with van der Waals surface area (Å²) in [5.41, 5.74) is 2.80. The maximum absolute atomic E-state index is 13.1. The van der Waals surface area contributed by atoms with Crippen LogP contribution in [0.4, 0.5) is 0 Å². The molecule has 27 heavy (non-hydrogen) atoms. The lowest BCUT2D eigenvalue weighted by atomic mass is 10.0. The summed E-state index contributed by atoms with van der Waals surface area (Å²) in [6, 6.07) is 9.43. The molecule has 0 spiro atoms. The highest BCUT2D eigenvalue weighted by Gasteiger charge is 2.50. The Bertz CT molecular complexity index is 826. The van der Waals surface area contributed by atoms with Crippen molar-refractivity contribution < 1.29 is 18.7 Å². The molecule has 2 amide bonds. The third kappa shape index (κ3) is 3.49. The Morgan fingerprint density at radius 3 is 2.70 bits per heavy atom. The van der Waals surface area contributed by atoms with Gasteiger partial charge in [-0.3, -0.25) is 9.59 Å². The number of aryl methyl sites for hydroxylation is 2. The monoisotopic (exact) mass is 368 g/mol. The van der Waals surface area contributed by atoms with Gasteiger partial charge in [-0.25, -0.2) is 0 Å². The Labute approximate surface area is 158 Å². The molecule has 2 aromatic rings. The molecule has 2 saturated heterocycles. The Hall–Kier alpha value is -2.60. The number of amides is 2. The average molecular weight is 368 g/mol. The van der Waals surface area contributed by atoms with Crippen molar-refractivity contribution in [3.63, 3.8) is 0 Å². The van der Waals surface area contributed by atoms with E-state index in [2.05, 4.69) is 5.32 Å². The van der Waals surface area contributed by atoms with Gasteiger partial charge in [-0.05, 0) is 44.5 Å². The van der Waals surface area contributed by atoms with E-state index in [1.165, 1.54) is 0 Å². The normalized spacial score (nSPS) is 24.1. The van der Waals surface area contributed by atoms with E-state index in [1.54, 1.807) is 12.3 Å². The molecule has 2 fully saturated rings. The minimum absolute atomic E-state index is 0.0244. The van der Waals surface area contributed by atoms with Crippen molar-refractivity contribution in [3.8, 4) is 0 Å². The molecule has 142 valence electrons. The lowest BCUT2D eigenvalue weighted by molar-refractivity contribution is -0.127. The summed E-state index contributed by atoms with van der Waals surface area (Å²) in [4.78, 5) is 27.7. The van der Waals surface area contributed by atoms with Crippen LogP contribution in [0.25, 0.3) is 0 Å². The second-order valence-corrected chi connectivity index (χ2v) is 7.43. The van der Waals surface area contributed by atoms with Crippen LogP contribution in [0.5, 0.6) is 0 Å². The molecule has 1 aromatic carbocycles. The van der Waals surface area contributed by atoms with E-state index in [1.807, 2.05) is 43.0 Å². The first-order valence-electron chi connectivity index (χ1n) is 9.34. The molecular formula is C21H24N2O4. The Morgan fingerprint density at radius 2 is 2.00 bits per heavy atom. The van der Waals surface area contributed by atoms with E-state index in [0.29, 0.717) is 31.0 Å². The summed E-state index contributed by atoms with van der Waals surface area (Å²) in [6.07, 6.45) is 2.11. The zero-order valence-electron chi connectivity index (χ0n) is 15.6. The molecule has 0 saturated carbocycles. The maximum Gasteiger partial charge on any atom is 0.254 e. The standard InChI is InChI=1S/C21H24N2O4/c1-13-8-14(2)10-15(9-13)21(25)23-12-17(19-18(23)5-7-27-19)20(24)22-11-16-4-3-6-26-16/h3-4,6,8-10,17-19H,5,7,11-12H2,1-2H3,(H,22,24)/t17-,18-,19-/m0/s1. The molecule has 0 radical (unpaired) electrons. The van der Waals surface area contributed by atoms with Gasteiger partial charge in [-0.15, -0.1) is 0 Å². The van der Waals surface area contributed by atoms with Crippen LogP contribution in [0.15, 0.2) is 41.0 Å². The van der Waals surface area contributed by atoms with E-state index in [9.17, 15) is 9.59 Å². The van der Waals surface area contributed by atoms with Crippen molar-refractivity contribution in [3.05, 3.63) is 59.0 Å². The highest BCUT2D eigenvalue weighted by Crippen LogP contribution is 2.34. The molecule has 6 heteroatoms. The second-order valence-electron chi connectivity index (χ2n) is 7.43. The van der Waals surface area contributed by atoms with Gasteiger partial charge in [0.1, 0.15) is 5.76 Å². The fourth-order valence-electron chi connectivity index (χ4n) is 4.22. The number of carbonyl (C=O) groups is 2. The number of benzene rings is 1. The van der Waals surface area contributed by atoms with Gasteiger partial charge in [0.05, 0.1) is 30.9 Å². The first-order chi connectivity index (χ1) is 13.0. The number of likely N-dealkylation sites (tertiary alicyclic amines) is 1. The predicted octanol–water partition coefficient (Wildman–Crippen LogP) is 2.44. The fraction of sp³-hybridized carbons (Fsp3) is 0.429. The molecule has 0 aliphatic carbocycles. The third-order valence-corrected chi connectivity index (χ3v) is 5.38. The first kappa shape index (κ1) is 17.8. The summed E-state index contributed by atoms with van der Waals surface area (Å²) in [5.74, 6) is 0.221. The van der Waals surface area contributed by atoms with E-state index in [-0.39, 0.29) is 29.9 Å². The largest absolute Gasteiger partial charge is 0.467 e. The van der Waals surface area contributed by atoms with Crippen LogP contribution in [-0.2, 0) is 16.1 Å². The molecular weight excluding hydrogens is 344 g/mol. The highest BCUT2D eigenvalue weighted by molar-refractivity contribution is 5.96. The number of fused-ring (bicyclic) bond motifs is 1. The number of hydrogen-bond donors (Lipinski definition) is 1. The number of ether oxygens (including phenoxy) is 1. The smallest absolute Gasteiger partial charge is 0.254 e. The van der Waals surface area contributed by atoms with Crippen LogP contribution in [0, 0.1) is 19.8 Å². The minimum Gasteiger partial charge on any atom is -0.467 e. The molecule has 2 aliphatic rings. The van der Waals surface area contributed by atoms with E-state index < -0.39 is 0 Å². The van der Waals surface area contributed by atoms with Crippen molar-refractivity contribution in [2.24, 2.45) is 5.92 Å². The molecule has 4 rings (SSSR count). The first-order valence-corrected chi connectivity index (χ1v) is 9.34. The summed E-state index contributed by atoms with van der Waals surface area (Å²) >= 11 is 0. The summed E-state index contributed by atoms with van der Waals surface area (Å²) < 4.78 is 11.1. The van der Waals surface area contributed by atoms with Gasteiger partial charge in [-0.1, -0.05) is 17.2 Å². The average Bonchev–Trinajstić information content (AvgIpc) is 3.35. The second kappa shape index (κ2) is 7.19. The molecule has 2 aliphatic heterocycles. The van der Waals surface area contributed by atoms with Crippen LogP contribution in [0.1, 0.15) is 33.7 Å². The number of nitrogens with zero attached hydrogens (tertiary/aromatic N) is 1. The van der Waals surface area contributed by atoms with Crippen LogP contribution in [0.2, 0.25) is 0 Å². The topological polar surface area (TPSA) is 71.8 Å². The van der Waals surface area contributed by atoms with Crippen molar-refractivity contribution >= 4 is 11.8 Å². The zero-order valence-corrected chi connectivity index (χ0v) is 15.6. The van der Waals surface area contributed by atoms with Crippen molar-refractivity contribution in [2.75, 3.05) is 13.2 Å². The molecule has 1 N–H and O–H groups in total. The minimum atomic E-state index is -0.359. The number of nitrogens with one attached hydrogen (secondary N) is 1. The van der Waals surface area contributed by atoms with Crippen molar-refractivity contribution in [1.29, 1.82) is 0 Å². The van der Waals surface area contributed by atoms with E-state index in [0.717, 1.165) is 17.5 Å². The number of furan rings is 1. The zero-order chi connectivity index (χ0) is 19.0. The maximum atomic E-state index is 13.1. The van der Waals surface area contributed by atoms with Gasteiger partial charge in [-0.2, -0.15) is 0 Å². The van der Waals surface area contributed by atoms with Gasteiger partial charge in [0.2, 0.25) is 5.91 Å². The molecule has 0 bridgehead atoms. The Balaban J connectivity index is 1.49. The van der Waals surface area contributed by atoms with Gasteiger partial charge in [0, 0.05) is 18.7 Å². The van der Waals surface area contributed by atoms with Gasteiger partial charge >= 0.3 is 0 Å². The third-order valence-electron chi connectivity index (χ3n) is 5.38. The molecule has 6 nitrogen and oxygen atoms in total. The molecule has 3 heterocycles. The van der Waals surface area contributed by atoms with Crippen molar-refractivity contribution in [1.82, 2.24) is 10.2 Å². The molecule has 1 aromatic heterocycles. The summed E-state index contributed by atoms with van der Waals surface area (Å²) in [5, 5.41) is 2.91.